The highest BCUT2D eigenvalue weighted by Gasteiger charge is 1.99. The van der Waals surface area contributed by atoms with Gasteiger partial charge in [-0.25, -0.2) is 9.79 Å². The molecule has 0 aliphatic rings. The largest absolute Gasteiger partial charge is 0.438 e. The van der Waals surface area contributed by atoms with E-state index in [1.165, 1.54) is 0 Å². The van der Waals surface area contributed by atoms with E-state index in [0.717, 1.165) is 0 Å². The van der Waals surface area contributed by atoms with Gasteiger partial charge in [-0.15, -0.1) is 0 Å². The maximum Gasteiger partial charge on any atom is 0.334 e. The molecule has 10 heavy (non-hydrogen) atoms. The minimum atomic E-state index is -0.445. The summed E-state index contributed by atoms with van der Waals surface area (Å²) in [6, 6.07) is 0. The normalized spacial score (nSPS) is 7.70. The summed E-state index contributed by atoms with van der Waals surface area (Å²) < 4.78 is 4.54. The zero-order valence-electron chi connectivity index (χ0n) is 5.89. The lowest BCUT2D eigenvalue weighted by Crippen LogP contribution is -2.04. The van der Waals surface area contributed by atoms with Crippen molar-refractivity contribution in [2.45, 2.75) is 6.92 Å². The second-order valence-corrected chi connectivity index (χ2v) is 1.66. The molecule has 0 fully saturated rings. The van der Waals surface area contributed by atoms with Gasteiger partial charge in [-0.1, -0.05) is 6.58 Å². The third-order valence-corrected chi connectivity index (χ3v) is 0.720. The van der Waals surface area contributed by atoms with E-state index in [1.54, 1.807) is 6.92 Å². The maximum atomic E-state index is 10.6. The molecule has 0 saturated heterocycles. The van der Waals surface area contributed by atoms with E-state index in [1.807, 2.05) is 0 Å². The highest BCUT2D eigenvalue weighted by atomic mass is 16.5. The molecule has 0 aromatic carbocycles. The summed E-state index contributed by atoms with van der Waals surface area (Å²) in [7, 11) is 0. The minimum Gasteiger partial charge on any atom is -0.438 e. The van der Waals surface area contributed by atoms with Crippen molar-refractivity contribution in [1.29, 1.82) is 0 Å². The Labute approximate surface area is 59.7 Å². The first-order valence-corrected chi connectivity index (χ1v) is 2.69. The van der Waals surface area contributed by atoms with Gasteiger partial charge in [0.15, 0.2) is 6.73 Å². The molecule has 0 unspecified atom stereocenters. The number of hydrogen-bond acceptors (Lipinski definition) is 3. The third-order valence-electron chi connectivity index (χ3n) is 0.720. The Hall–Kier alpha value is -1.34. The lowest BCUT2D eigenvalue weighted by atomic mass is 10.4. The molecular formula is C7H9NO2. The smallest absolute Gasteiger partial charge is 0.334 e. The first-order chi connectivity index (χ1) is 4.68. The zero-order chi connectivity index (χ0) is 7.98. The maximum absolute atomic E-state index is 10.6. The van der Waals surface area contributed by atoms with Crippen LogP contribution in [0.2, 0.25) is 0 Å². The molecule has 0 saturated carbocycles. The highest BCUT2D eigenvalue weighted by molar-refractivity contribution is 5.86. The number of carbonyl (C=O) groups is 1. The molecule has 0 N–H and O–H groups in total. The van der Waals surface area contributed by atoms with E-state index in [-0.39, 0.29) is 6.73 Å². The molecule has 0 aromatic rings. The van der Waals surface area contributed by atoms with Crippen molar-refractivity contribution >= 4 is 11.8 Å². The van der Waals surface area contributed by atoms with Crippen molar-refractivity contribution in [2.75, 3.05) is 6.73 Å². The predicted octanol–water partition coefficient (Wildman–Crippen LogP) is 0.919. The van der Waals surface area contributed by atoms with Crippen molar-refractivity contribution in [3.63, 3.8) is 0 Å². The first-order valence-electron chi connectivity index (χ1n) is 2.69. The van der Waals surface area contributed by atoms with Crippen LogP contribution in [-0.4, -0.2) is 18.6 Å². The number of rotatable bonds is 3. The molecule has 0 radical (unpaired) electrons. The predicted molar refractivity (Wildman–Crippen MR) is 38.8 cm³/mol. The average molecular weight is 139 g/mol. The number of esters is 1. The van der Waals surface area contributed by atoms with E-state index in [9.17, 15) is 4.79 Å². The summed E-state index contributed by atoms with van der Waals surface area (Å²) in [6.45, 7) is 8.12. The summed E-state index contributed by atoms with van der Waals surface area (Å²) in [5.41, 5.74) is 0.360. The Kier molecular flexibility index (Phi) is 3.92. The van der Waals surface area contributed by atoms with Gasteiger partial charge in [0.25, 0.3) is 0 Å². The van der Waals surface area contributed by atoms with Crippen molar-refractivity contribution in [3.8, 4) is 0 Å². The van der Waals surface area contributed by atoms with Gasteiger partial charge in [0.05, 0.1) is 0 Å². The van der Waals surface area contributed by atoms with Gasteiger partial charge in [0.1, 0.15) is 0 Å². The van der Waals surface area contributed by atoms with Gasteiger partial charge in [0.2, 0.25) is 0 Å². The molecular weight excluding hydrogens is 130 g/mol. The molecule has 0 aliphatic heterocycles. The fraction of sp³-hybridized carbons (Fsp3) is 0.286. The Morgan fingerprint density at radius 1 is 1.80 bits per heavy atom. The highest BCUT2D eigenvalue weighted by Crippen LogP contribution is 1.90. The van der Waals surface area contributed by atoms with Gasteiger partial charge < -0.3 is 4.74 Å². The topological polar surface area (TPSA) is 38.7 Å². The molecule has 3 nitrogen and oxygen atoms in total. The Morgan fingerprint density at radius 3 is 2.80 bits per heavy atom. The Balaban J connectivity index is 3.60. The van der Waals surface area contributed by atoms with Crippen LogP contribution in [0.25, 0.3) is 0 Å². The van der Waals surface area contributed by atoms with Crippen LogP contribution < -0.4 is 0 Å². The SMILES string of the molecule is C=C=NCOC(=O)C(=C)C. The monoisotopic (exact) mass is 139 g/mol. The van der Waals surface area contributed by atoms with Crippen molar-refractivity contribution in [3.05, 3.63) is 18.7 Å². The number of nitrogens with zero attached hydrogens (tertiary/aromatic N) is 1. The average Bonchev–Trinajstić information content (AvgIpc) is 1.88. The molecule has 54 valence electrons. The lowest BCUT2D eigenvalue weighted by Gasteiger charge is -1.96. The van der Waals surface area contributed by atoms with Crippen molar-refractivity contribution in [2.24, 2.45) is 4.99 Å². The molecule has 0 bridgehead atoms. The van der Waals surface area contributed by atoms with Crippen LogP contribution in [0.5, 0.6) is 0 Å². The number of ether oxygens (including phenoxy) is 1. The van der Waals surface area contributed by atoms with E-state index < -0.39 is 5.97 Å². The van der Waals surface area contributed by atoms with Gasteiger partial charge >= 0.3 is 5.97 Å². The van der Waals surface area contributed by atoms with E-state index in [2.05, 4.69) is 28.8 Å². The van der Waals surface area contributed by atoms with Crippen molar-refractivity contribution < 1.29 is 9.53 Å². The fourth-order valence-electron chi connectivity index (χ4n) is 0.260. The molecule has 0 heterocycles. The van der Waals surface area contributed by atoms with Crippen LogP contribution >= 0.6 is 0 Å². The number of aliphatic imine (C=N–C) groups is 1. The quantitative estimate of drug-likeness (QED) is 0.331. The summed E-state index contributed by atoms with van der Waals surface area (Å²) in [5.74, 6) is 1.78. The van der Waals surface area contributed by atoms with Crippen molar-refractivity contribution in [1.82, 2.24) is 0 Å². The van der Waals surface area contributed by atoms with Crippen LogP contribution in [-0.2, 0) is 9.53 Å². The van der Waals surface area contributed by atoms with Crippen LogP contribution in [0.15, 0.2) is 23.7 Å². The van der Waals surface area contributed by atoms with E-state index in [4.69, 9.17) is 0 Å². The minimum absolute atomic E-state index is 0.0325. The van der Waals surface area contributed by atoms with Gasteiger partial charge in [-0.2, -0.15) is 0 Å². The number of carbonyl (C=O) groups excluding carboxylic acids is 1. The second-order valence-electron chi connectivity index (χ2n) is 1.66. The van der Waals surface area contributed by atoms with Crippen LogP contribution in [0.3, 0.4) is 0 Å². The molecule has 0 atom stereocenters. The standard InChI is InChI=1S/C7H9NO2/c1-4-8-5-10-7(9)6(2)3/h1-2,5H2,3H3. The van der Waals surface area contributed by atoms with E-state index in [0.29, 0.717) is 5.57 Å². The third kappa shape index (κ3) is 3.64. The van der Waals surface area contributed by atoms with Crippen LogP contribution in [0.4, 0.5) is 0 Å². The fourth-order valence-corrected chi connectivity index (χ4v) is 0.260. The Bertz CT molecular complexity index is 190. The van der Waals surface area contributed by atoms with Gasteiger partial charge in [-0.3, -0.25) is 0 Å². The van der Waals surface area contributed by atoms with E-state index >= 15 is 0 Å². The molecule has 0 rings (SSSR count). The summed E-state index contributed by atoms with van der Waals surface area (Å²) in [5, 5.41) is 0. The first kappa shape index (κ1) is 8.66. The van der Waals surface area contributed by atoms with Crippen LogP contribution in [0, 0.1) is 0 Å². The summed E-state index contributed by atoms with van der Waals surface area (Å²) in [6.07, 6.45) is 0. The second kappa shape index (κ2) is 4.53. The molecule has 0 amide bonds. The number of hydrogen-bond donors (Lipinski definition) is 0. The van der Waals surface area contributed by atoms with Gasteiger partial charge in [-0.05, 0) is 19.4 Å². The zero-order valence-corrected chi connectivity index (χ0v) is 5.89. The summed E-state index contributed by atoms with van der Waals surface area (Å²) in [4.78, 5) is 14.0. The van der Waals surface area contributed by atoms with Crippen LogP contribution in [0.1, 0.15) is 6.92 Å². The van der Waals surface area contributed by atoms with Gasteiger partial charge in [0, 0.05) is 5.57 Å². The Morgan fingerprint density at radius 2 is 2.40 bits per heavy atom. The summed E-state index contributed by atoms with van der Waals surface area (Å²) >= 11 is 0. The molecule has 0 aromatic heterocycles. The molecule has 3 heteroatoms. The lowest BCUT2D eigenvalue weighted by molar-refractivity contribution is -0.138. The molecule has 0 aliphatic carbocycles. The molecule has 0 spiro atoms.